The second-order valence-electron chi connectivity index (χ2n) is 9.64. The van der Waals surface area contributed by atoms with Crippen molar-refractivity contribution in [2.24, 2.45) is 11.1 Å². The van der Waals surface area contributed by atoms with Crippen molar-refractivity contribution < 1.29 is 27.4 Å². The lowest BCUT2D eigenvalue weighted by atomic mass is 9.68. The zero-order valence-corrected chi connectivity index (χ0v) is 19.1. The summed E-state index contributed by atoms with van der Waals surface area (Å²) in [4.78, 5) is 15.0. The Kier molecular flexibility index (Phi) is 5.09. The van der Waals surface area contributed by atoms with Crippen LogP contribution in [0.4, 0.5) is 18.9 Å². The Bertz CT molecular complexity index is 1350. The summed E-state index contributed by atoms with van der Waals surface area (Å²) in [6, 6.07) is 12.0. The van der Waals surface area contributed by atoms with Crippen molar-refractivity contribution in [1.29, 1.82) is 5.26 Å². The van der Waals surface area contributed by atoms with Gasteiger partial charge in [-0.3, -0.25) is 9.69 Å². The van der Waals surface area contributed by atoms with E-state index in [0.29, 0.717) is 34.8 Å². The molecule has 0 amide bonds. The topological polar surface area (TPSA) is 88.6 Å². The first kappa shape index (κ1) is 22.8. The van der Waals surface area contributed by atoms with E-state index in [2.05, 4.69) is 6.07 Å². The van der Waals surface area contributed by atoms with Crippen LogP contribution in [0.1, 0.15) is 43.7 Å². The third kappa shape index (κ3) is 3.79. The first-order chi connectivity index (χ1) is 16.5. The van der Waals surface area contributed by atoms with Gasteiger partial charge in [-0.25, -0.2) is 0 Å². The number of nitrogens with two attached hydrogens (primary N) is 1. The van der Waals surface area contributed by atoms with Gasteiger partial charge in [0.15, 0.2) is 17.3 Å². The van der Waals surface area contributed by atoms with Crippen LogP contribution < -0.4 is 20.1 Å². The number of anilines is 1. The molecule has 2 aliphatic heterocycles. The molecule has 0 saturated heterocycles. The van der Waals surface area contributed by atoms with Crippen LogP contribution in [0.5, 0.6) is 11.5 Å². The van der Waals surface area contributed by atoms with Gasteiger partial charge in [0.2, 0.25) is 6.79 Å². The Balaban J connectivity index is 1.74. The van der Waals surface area contributed by atoms with Gasteiger partial charge in [-0.1, -0.05) is 26.0 Å². The molecule has 5 rings (SSSR count). The lowest BCUT2D eigenvalue weighted by Crippen LogP contribution is -2.42. The van der Waals surface area contributed by atoms with E-state index in [1.165, 1.54) is 17.0 Å². The number of benzene rings is 2. The number of nitrogens with zero attached hydrogens (tertiary/aromatic N) is 2. The molecule has 0 radical (unpaired) electrons. The van der Waals surface area contributed by atoms with Gasteiger partial charge in [0, 0.05) is 23.4 Å². The molecular formula is C26H22F3N3O3. The molecule has 0 saturated carbocycles. The molecule has 0 unspecified atom stereocenters. The summed E-state index contributed by atoms with van der Waals surface area (Å²) < 4.78 is 51.3. The van der Waals surface area contributed by atoms with Crippen LogP contribution in [0.25, 0.3) is 0 Å². The Hall–Kier alpha value is -3.93. The summed E-state index contributed by atoms with van der Waals surface area (Å²) in [5.74, 6) is 0.102. The molecule has 180 valence electrons. The lowest BCUT2D eigenvalue weighted by molar-refractivity contribution is -0.137. The summed E-state index contributed by atoms with van der Waals surface area (Å²) >= 11 is 0. The second-order valence-corrected chi connectivity index (χ2v) is 9.64. The SMILES string of the molecule is CC1(C)CC(=O)C2=C(C1)N(c1cccc(C(F)(F)F)c1)C(N)=C(C#N)[C@H]2c1ccc2c(c1)OCO2. The summed E-state index contributed by atoms with van der Waals surface area (Å²) in [7, 11) is 0. The van der Waals surface area contributed by atoms with Gasteiger partial charge in [0.25, 0.3) is 0 Å². The van der Waals surface area contributed by atoms with Crippen LogP contribution in [0.2, 0.25) is 0 Å². The van der Waals surface area contributed by atoms with Crippen molar-refractivity contribution in [1.82, 2.24) is 0 Å². The molecule has 9 heteroatoms. The first-order valence-corrected chi connectivity index (χ1v) is 11.0. The van der Waals surface area contributed by atoms with Gasteiger partial charge < -0.3 is 15.2 Å². The summed E-state index contributed by atoms with van der Waals surface area (Å²) in [5.41, 5.74) is 6.95. The molecule has 6 nitrogen and oxygen atoms in total. The van der Waals surface area contributed by atoms with Crippen molar-refractivity contribution in [3.8, 4) is 17.6 Å². The number of ketones is 1. The van der Waals surface area contributed by atoms with Crippen molar-refractivity contribution in [2.45, 2.75) is 38.8 Å². The van der Waals surface area contributed by atoms with Gasteiger partial charge in [0.1, 0.15) is 5.82 Å². The number of rotatable bonds is 2. The number of fused-ring (bicyclic) bond motifs is 1. The number of Topliss-reactive ketones (excluding diaryl/α,β-unsaturated/α-hetero) is 1. The fourth-order valence-corrected chi connectivity index (χ4v) is 5.05. The molecule has 0 bridgehead atoms. The Labute approximate surface area is 200 Å². The molecule has 2 aromatic rings. The molecule has 2 heterocycles. The van der Waals surface area contributed by atoms with Crippen LogP contribution in [-0.4, -0.2) is 12.6 Å². The summed E-state index contributed by atoms with van der Waals surface area (Å²) in [6.45, 7) is 3.92. The highest BCUT2D eigenvalue weighted by atomic mass is 19.4. The van der Waals surface area contributed by atoms with E-state index in [1.807, 2.05) is 13.8 Å². The Morgan fingerprint density at radius 2 is 1.86 bits per heavy atom. The third-order valence-electron chi connectivity index (χ3n) is 6.54. The summed E-state index contributed by atoms with van der Waals surface area (Å²) in [6.07, 6.45) is -3.93. The average Bonchev–Trinajstić information content (AvgIpc) is 3.25. The maximum absolute atomic E-state index is 13.5. The standard InChI is InChI=1S/C26H22F3N3O3/c1-25(2)10-18-23(19(33)11-25)22(14-6-7-20-21(8-14)35-13-34-20)17(12-30)24(31)32(18)16-5-3-4-15(9-16)26(27,28)29/h3-9,22H,10-11,13,31H2,1-2H3/t22-/m1/s1. The van der Waals surface area contributed by atoms with Crippen molar-refractivity contribution in [2.75, 3.05) is 11.7 Å². The predicted octanol–water partition coefficient (Wildman–Crippen LogP) is 5.37. The number of hydrogen-bond acceptors (Lipinski definition) is 6. The number of ether oxygens (including phenoxy) is 2. The molecule has 0 aromatic heterocycles. The van der Waals surface area contributed by atoms with E-state index in [-0.39, 0.29) is 36.1 Å². The number of carbonyl (C=O) groups excluding carboxylic acids is 1. The van der Waals surface area contributed by atoms with E-state index in [9.17, 15) is 23.2 Å². The quantitative estimate of drug-likeness (QED) is 0.620. The number of alkyl halides is 3. The fourth-order valence-electron chi connectivity index (χ4n) is 5.05. The van der Waals surface area contributed by atoms with E-state index in [4.69, 9.17) is 15.2 Å². The zero-order valence-electron chi connectivity index (χ0n) is 19.1. The van der Waals surface area contributed by atoms with E-state index in [1.54, 1.807) is 18.2 Å². The largest absolute Gasteiger partial charge is 0.454 e. The molecule has 2 aromatic carbocycles. The minimum Gasteiger partial charge on any atom is -0.454 e. The second kappa shape index (κ2) is 7.80. The number of halogens is 3. The molecule has 1 aliphatic carbocycles. The molecule has 35 heavy (non-hydrogen) atoms. The maximum atomic E-state index is 13.5. The van der Waals surface area contributed by atoms with E-state index < -0.39 is 23.1 Å². The maximum Gasteiger partial charge on any atom is 0.416 e. The van der Waals surface area contributed by atoms with Crippen LogP contribution in [0.3, 0.4) is 0 Å². The van der Waals surface area contributed by atoms with Gasteiger partial charge in [-0.15, -0.1) is 0 Å². The highest BCUT2D eigenvalue weighted by Crippen LogP contribution is 2.51. The van der Waals surface area contributed by atoms with E-state index in [0.717, 1.165) is 12.1 Å². The van der Waals surface area contributed by atoms with E-state index >= 15 is 0 Å². The highest BCUT2D eigenvalue weighted by molar-refractivity contribution is 6.01. The van der Waals surface area contributed by atoms with Gasteiger partial charge in [-0.2, -0.15) is 18.4 Å². The fraction of sp³-hybridized carbons (Fsp3) is 0.308. The first-order valence-electron chi connectivity index (χ1n) is 11.0. The van der Waals surface area contributed by atoms with Gasteiger partial charge >= 0.3 is 6.18 Å². The summed E-state index contributed by atoms with van der Waals surface area (Å²) in [5, 5.41) is 10.1. The minimum atomic E-state index is -4.56. The molecule has 0 fully saturated rings. The number of carbonyl (C=O) groups is 1. The Morgan fingerprint density at radius 3 is 2.57 bits per heavy atom. The van der Waals surface area contributed by atoms with Crippen molar-refractivity contribution in [3.63, 3.8) is 0 Å². The number of allylic oxidation sites excluding steroid dienone is 3. The van der Waals surface area contributed by atoms with Crippen LogP contribution in [0.15, 0.2) is 65.1 Å². The number of hydrogen-bond donors (Lipinski definition) is 1. The number of nitriles is 1. The lowest BCUT2D eigenvalue weighted by Gasteiger charge is -2.43. The van der Waals surface area contributed by atoms with Crippen LogP contribution in [-0.2, 0) is 11.0 Å². The van der Waals surface area contributed by atoms with Gasteiger partial charge in [-0.05, 0) is 47.7 Å². The minimum absolute atomic E-state index is 0.00117. The molecule has 1 atom stereocenters. The Morgan fingerprint density at radius 1 is 1.11 bits per heavy atom. The smallest absolute Gasteiger partial charge is 0.416 e. The normalized spacial score (nSPS) is 21.2. The molecular weight excluding hydrogens is 459 g/mol. The highest BCUT2D eigenvalue weighted by Gasteiger charge is 2.45. The monoisotopic (exact) mass is 481 g/mol. The average molecular weight is 481 g/mol. The van der Waals surface area contributed by atoms with Crippen molar-refractivity contribution >= 4 is 11.5 Å². The third-order valence-corrected chi connectivity index (χ3v) is 6.54. The zero-order chi connectivity index (χ0) is 25.1. The van der Waals surface area contributed by atoms with Crippen molar-refractivity contribution in [3.05, 3.63) is 76.3 Å². The molecule has 3 aliphatic rings. The molecule has 0 spiro atoms. The van der Waals surface area contributed by atoms with Gasteiger partial charge in [0.05, 0.1) is 23.1 Å². The predicted molar refractivity (Wildman–Crippen MR) is 121 cm³/mol. The molecule has 2 N–H and O–H groups in total. The van der Waals surface area contributed by atoms with Crippen LogP contribution >= 0.6 is 0 Å². The van der Waals surface area contributed by atoms with Crippen LogP contribution in [0, 0.1) is 16.7 Å².